The van der Waals surface area contributed by atoms with Gasteiger partial charge in [-0.2, -0.15) is 0 Å². The third-order valence-electron chi connectivity index (χ3n) is 6.63. The number of fused-ring (bicyclic) bond motifs is 1. The van der Waals surface area contributed by atoms with Crippen LogP contribution in [0.5, 0.6) is 17.2 Å². The van der Waals surface area contributed by atoms with Crippen molar-refractivity contribution in [3.8, 4) is 27.7 Å². The summed E-state index contributed by atoms with van der Waals surface area (Å²) in [6.45, 7) is 3.18. The second kappa shape index (κ2) is 10.1. The van der Waals surface area contributed by atoms with Crippen LogP contribution in [0.15, 0.2) is 66.7 Å². The molecule has 1 saturated heterocycles. The van der Waals surface area contributed by atoms with E-state index in [1.165, 1.54) is 24.2 Å². The zero-order valence-corrected chi connectivity index (χ0v) is 20.5. The number of hydrogen-bond donors (Lipinski definition) is 3. The number of benzene rings is 3. The molecule has 5 nitrogen and oxygen atoms in total. The van der Waals surface area contributed by atoms with E-state index >= 15 is 0 Å². The smallest absolute Gasteiger partial charge is 0.195 e. The zero-order chi connectivity index (χ0) is 24.4. The minimum absolute atomic E-state index is 0.0856. The van der Waals surface area contributed by atoms with Crippen molar-refractivity contribution in [1.82, 2.24) is 5.32 Å². The summed E-state index contributed by atoms with van der Waals surface area (Å²) in [6.07, 6.45) is 4.58. The van der Waals surface area contributed by atoms with Crippen LogP contribution < -0.4 is 10.1 Å². The Bertz CT molecular complexity index is 1320. The van der Waals surface area contributed by atoms with E-state index in [0.717, 1.165) is 45.7 Å². The molecule has 0 amide bonds. The van der Waals surface area contributed by atoms with E-state index in [4.69, 9.17) is 4.74 Å². The van der Waals surface area contributed by atoms with Gasteiger partial charge in [-0.05, 0) is 98.1 Å². The minimum Gasteiger partial charge on any atom is -0.508 e. The lowest BCUT2D eigenvalue weighted by Crippen LogP contribution is -2.45. The number of thiophene rings is 1. The van der Waals surface area contributed by atoms with Crippen molar-refractivity contribution in [1.29, 1.82) is 0 Å². The first-order valence-electron chi connectivity index (χ1n) is 12.1. The van der Waals surface area contributed by atoms with Crippen LogP contribution in [0.25, 0.3) is 20.5 Å². The molecule has 0 bridgehead atoms. The van der Waals surface area contributed by atoms with E-state index in [-0.39, 0.29) is 23.4 Å². The molecule has 35 heavy (non-hydrogen) atoms. The van der Waals surface area contributed by atoms with Crippen LogP contribution in [-0.2, 0) is 0 Å². The number of nitrogens with one attached hydrogen (secondary N) is 1. The molecule has 0 radical (unpaired) electrons. The number of ether oxygens (including phenoxy) is 1. The number of phenolic OH excluding ortho intramolecular Hbond substituents is 2. The molecule has 0 saturated carbocycles. The molecule has 0 aliphatic carbocycles. The lowest BCUT2D eigenvalue weighted by molar-refractivity contribution is 0.104. The average molecular weight is 488 g/mol. The lowest BCUT2D eigenvalue weighted by atomic mass is 9.97. The summed E-state index contributed by atoms with van der Waals surface area (Å²) in [6, 6.07) is 19.7. The zero-order valence-electron chi connectivity index (χ0n) is 19.7. The standard InChI is InChI=1S/C29H29NO4S/c1-2-25(24-5-3-4-16-30-24)34-22-13-8-18(9-14-22)28(33)27-23-15-12-21(32)17-26(23)35-29(27)19-6-10-20(31)11-7-19/h6-15,17,24-25,30-32H,2-5,16H2,1H3. The molecule has 0 spiro atoms. The van der Waals surface area contributed by atoms with Crippen molar-refractivity contribution in [2.45, 2.75) is 44.8 Å². The molecule has 1 aromatic heterocycles. The molecule has 1 aliphatic heterocycles. The maximum absolute atomic E-state index is 13.7. The molecule has 2 heterocycles. The fourth-order valence-corrected chi connectivity index (χ4v) is 6.02. The van der Waals surface area contributed by atoms with Gasteiger partial charge in [0.15, 0.2) is 5.78 Å². The van der Waals surface area contributed by atoms with Gasteiger partial charge < -0.3 is 20.3 Å². The fourth-order valence-electron chi connectivity index (χ4n) is 4.78. The highest BCUT2D eigenvalue weighted by atomic mass is 32.1. The van der Waals surface area contributed by atoms with Gasteiger partial charge in [0.1, 0.15) is 23.4 Å². The summed E-state index contributed by atoms with van der Waals surface area (Å²) in [7, 11) is 0. The third kappa shape index (κ3) is 4.90. The number of hydrogen-bond acceptors (Lipinski definition) is 6. The second-order valence-corrected chi connectivity index (χ2v) is 10.1. The third-order valence-corrected chi connectivity index (χ3v) is 7.84. The molecular formula is C29H29NO4S. The molecule has 3 N–H and O–H groups in total. The summed E-state index contributed by atoms with van der Waals surface area (Å²) < 4.78 is 7.13. The number of carbonyl (C=O) groups is 1. The van der Waals surface area contributed by atoms with Crippen LogP contribution in [0.3, 0.4) is 0 Å². The molecule has 5 rings (SSSR count). The highest BCUT2D eigenvalue weighted by molar-refractivity contribution is 7.22. The largest absolute Gasteiger partial charge is 0.508 e. The van der Waals surface area contributed by atoms with Crippen molar-refractivity contribution < 1.29 is 19.7 Å². The summed E-state index contributed by atoms with van der Waals surface area (Å²) in [5.41, 5.74) is 2.02. The first-order valence-corrected chi connectivity index (χ1v) is 12.9. The number of ketones is 1. The van der Waals surface area contributed by atoms with Crippen LogP contribution in [0.1, 0.15) is 48.5 Å². The van der Waals surface area contributed by atoms with E-state index in [1.54, 1.807) is 42.5 Å². The van der Waals surface area contributed by atoms with E-state index in [9.17, 15) is 15.0 Å². The fraction of sp³-hybridized carbons (Fsp3) is 0.276. The Morgan fingerprint density at radius 1 is 1.03 bits per heavy atom. The van der Waals surface area contributed by atoms with Gasteiger partial charge in [-0.1, -0.05) is 13.3 Å². The van der Waals surface area contributed by atoms with Crippen LogP contribution >= 0.6 is 11.3 Å². The topological polar surface area (TPSA) is 78.8 Å². The van der Waals surface area contributed by atoms with Crippen molar-refractivity contribution in [2.75, 3.05) is 6.54 Å². The molecule has 4 aromatic rings. The van der Waals surface area contributed by atoms with E-state index < -0.39 is 0 Å². The highest BCUT2D eigenvalue weighted by Gasteiger charge is 2.24. The minimum atomic E-state index is -0.0856. The van der Waals surface area contributed by atoms with Gasteiger partial charge in [-0.3, -0.25) is 4.79 Å². The Morgan fingerprint density at radius 2 is 1.77 bits per heavy atom. The number of rotatable bonds is 7. The molecule has 1 aliphatic rings. The molecule has 2 atom stereocenters. The Morgan fingerprint density at radius 3 is 2.46 bits per heavy atom. The molecule has 6 heteroatoms. The van der Waals surface area contributed by atoms with Gasteiger partial charge in [0.2, 0.25) is 0 Å². The number of piperidine rings is 1. The number of aromatic hydroxyl groups is 2. The van der Waals surface area contributed by atoms with Crippen LogP contribution in [0.2, 0.25) is 0 Å². The van der Waals surface area contributed by atoms with Gasteiger partial charge in [-0.25, -0.2) is 0 Å². The lowest BCUT2D eigenvalue weighted by Gasteiger charge is -2.31. The summed E-state index contributed by atoms with van der Waals surface area (Å²) in [5, 5.41) is 24.1. The number of phenols is 2. The Balaban J connectivity index is 1.45. The summed E-state index contributed by atoms with van der Waals surface area (Å²) in [5.74, 6) is 1.01. The van der Waals surface area contributed by atoms with Crippen molar-refractivity contribution >= 4 is 27.2 Å². The Labute approximate surface area is 209 Å². The van der Waals surface area contributed by atoms with Gasteiger partial charge in [0.05, 0.1) is 0 Å². The highest BCUT2D eigenvalue weighted by Crippen LogP contribution is 2.41. The molecule has 3 aromatic carbocycles. The maximum Gasteiger partial charge on any atom is 0.195 e. The van der Waals surface area contributed by atoms with Crippen molar-refractivity contribution in [2.24, 2.45) is 0 Å². The van der Waals surface area contributed by atoms with Gasteiger partial charge >= 0.3 is 0 Å². The predicted octanol–water partition coefficient (Wildman–Crippen LogP) is 6.51. The van der Waals surface area contributed by atoms with E-state index in [1.807, 2.05) is 24.3 Å². The molecular weight excluding hydrogens is 458 g/mol. The molecule has 2 unspecified atom stereocenters. The van der Waals surface area contributed by atoms with Gasteiger partial charge in [0.25, 0.3) is 0 Å². The molecule has 180 valence electrons. The SMILES string of the molecule is CCC(Oc1ccc(C(=O)c2c(-c3ccc(O)cc3)sc3cc(O)ccc23)cc1)C1CCCCN1. The first kappa shape index (κ1) is 23.4. The summed E-state index contributed by atoms with van der Waals surface area (Å²) in [4.78, 5) is 14.6. The van der Waals surface area contributed by atoms with E-state index in [0.29, 0.717) is 17.2 Å². The van der Waals surface area contributed by atoms with Crippen LogP contribution in [0.4, 0.5) is 0 Å². The first-order chi connectivity index (χ1) is 17.0. The predicted molar refractivity (Wildman–Crippen MR) is 141 cm³/mol. The maximum atomic E-state index is 13.7. The second-order valence-electron chi connectivity index (χ2n) is 9.01. The van der Waals surface area contributed by atoms with Crippen molar-refractivity contribution in [3.63, 3.8) is 0 Å². The monoisotopic (exact) mass is 487 g/mol. The Kier molecular flexibility index (Phi) is 6.75. The number of carbonyl (C=O) groups excluding carboxylic acids is 1. The van der Waals surface area contributed by atoms with Gasteiger partial charge in [-0.15, -0.1) is 11.3 Å². The van der Waals surface area contributed by atoms with Crippen LogP contribution in [-0.4, -0.2) is 34.7 Å². The van der Waals surface area contributed by atoms with Crippen molar-refractivity contribution in [3.05, 3.63) is 77.9 Å². The van der Waals surface area contributed by atoms with Crippen LogP contribution in [0, 0.1) is 0 Å². The van der Waals surface area contributed by atoms with E-state index in [2.05, 4.69) is 12.2 Å². The molecule has 1 fully saturated rings. The normalized spacial score (nSPS) is 16.8. The summed E-state index contributed by atoms with van der Waals surface area (Å²) >= 11 is 1.46. The van der Waals surface area contributed by atoms with Gasteiger partial charge in [0, 0.05) is 32.1 Å². The quantitative estimate of drug-likeness (QED) is 0.259. The Hall–Kier alpha value is -3.35. The average Bonchev–Trinajstić information content (AvgIpc) is 3.26.